The van der Waals surface area contributed by atoms with E-state index in [9.17, 15) is 0 Å². The van der Waals surface area contributed by atoms with E-state index in [0.29, 0.717) is 17.2 Å². The fourth-order valence-electron chi connectivity index (χ4n) is 2.79. The molecule has 0 heterocycles. The molecule has 0 aliphatic heterocycles. The Morgan fingerprint density at radius 3 is 2.21 bits per heavy atom. The molecule has 0 fully saturated rings. The molecule has 0 saturated carbocycles. The van der Waals surface area contributed by atoms with E-state index in [2.05, 4.69) is 87.7 Å². The lowest BCUT2D eigenvalue weighted by molar-refractivity contribution is 0.539. The highest BCUT2D eigenvalue weighted by molar-refractivity contribution is 8.00. The van der Waals surface area contributed by atoms with Crippen molar-refractivity contribution in [3.8, 4) is 0 Å². The quantitative estimate of drug-likeness (QED) is 0.517. The van der Waals surface area contributed by atoms with Crippen molar-refractivity contribution in [3.05, 3.63) is 48.5 Å². The minimum Gasteiger partial charge on any atom is -0.382 e. The van der Waals surface area contributed by atoms with Crippen LogP contribution in [-0.4, -0.2) is 11.3 Å². The van der Waals surface area contributed by atoms with Crippen LogP contribution in [0.1, 0.15) is 41.0 Å². The molecule has 0 amide bonds. The van der Waals surface area contributed by atoms with Gasteiger partial charge in [-0.05, 0) is 49.6 Å². The molecule has 0 radical (unpaired) electrons. The van der Waals surface area contributed by atoms with Crippen molar-refractivity contribution in [1.82, 2.24) is 0 Å². The minimum absolute atomic E-state index is 0.476. The van der Waals surface area contributed by atoms with Gasteiger partial charge in [0, 0.05) is 33.2 Å². The van der Waals surface area contributed by atoms with Crippen molar-refractivity contribution < 1.29 is 0 Å². The van der Waals surface area contributed by atoms with Crippen LogP contribution in [0.5, 0.6) is 0 Å². The average Bonchev–Trinajstić information content (AvgIpc) is 2.49. The molecule has 3 heteroatoms. The zero-order chi connectivity index (χ0) is 17.5. The van der Waals surface area contributed by atoms with E-state index in [1.807, 2.05) is 17.8 Å². The summed E-state index contributed by atoms with van der Waals surface area (Å²) < 4.78 is 0. The fourth-order valence-corrected chi connectivity index (χ4v) is 3.75. The predicted octanol–water partition coefficient (Wildman–Crippen LogP) is 6.78. The molecule has 0 bridgehead atoms. The van der Waals surface area contributed by atoms with Gasteiger partial charge in [0.15, 0.2) is 0 Å². The van der Waals surface area contributed by atoms with Gasteiger partial charge < -0.3 is 10.6 Å². The molecule has 2 aromatic rings. The van der Waals surface area contributed by atoms with Crippen LogP contribution in [0.4, 0.5) is 17.1 Å². The summed E-state index contributed by atoms with van der Waals surface area (Å²) in [5.41, 5.74) is 3.48. The van der Waals surface area contributed by atoms with Gasteiger partial charge in [0.1, 0.15) is 0 Å². The molecule has 2 aromatic carbocycles. The molecule has 1 atom stereocenters. The number of benzene rings is 2. The van der Waals surface area contributed by atoms with Crippen LogP contribution in [0.15, 0.2) is 53.4 Å². The van der Waals surface area contributed by atoms with E-state index in [1.165, 1.54) is 17.0 Å². The predicted molar refractivity (Wildman–Crippen MR) is 110 cm³/mol. The number of para-hydroxylation sites is 1. The highest BCUT2D eigenvalue weighted by Crippen LogP contribution is 2.34. The average molecular weight is 343 g/mol. The first-order valence-corrected chi connectivity index (χ1v) is 9.71. The molecule has 0 spiro atoms. The molecule has 24 heavy (non-hydrogen) atoms. The maximum Gasteiger partial charge on any atom is 0.0482 e. The number of anilines is 3. The van der Waals surface area contributed by atoms with Crippen LogP contribution in [-0.2, 0) is 0 Å². The highest BCUT2D eigenvalue weighted by Gasteiger charge is 2.11. The van der Waals surface area contributed by atoms with E-state index in [1.54, 1.807) is 0 Å². The van der Waals surface area contributed by atoms with Crippen molar-refractivity contribution in [2.75, 3.05) is 10.6 Å². The highest BCUT2D eigenvalue weighted by atomic mass is 32.2. The second-order valence-electron chi connectivity index (χ2n) is 7.04. The first-order chi connectivity index (χ1) is 11.4. The van der Waals surface area contributed by atoms with Crippen LogP contribution >= 0.6 is 11.8 Å². The molecule has 0 aliphatic rings. The molecular weight excluding hydrogens is 312 g/mol. The maximum absolute atomic E-state index is 3.69. The third-order valence-electron chi connectivity index (χ3n) is 3.63. The Kier molecular flexibility index (Phi) is 7.04. The van der Waals surface area contributed by atoms with Crippen molar-refractivity contribution in [1.29, 1.82) is 0 Å². The summed E-state index contributed by atoms with van der Waals surface area (Å²) in [5, 5.41) is 7.73. The Labute approximate surface area is 151 Å². The lowest BCUT2D eigenvalue weighted by atomic mass is 10.1. The van der Waals surface area contributed by atoms with Crippen LogP contribution < -0.4 is 10.6 Å². The molecule has 0 aliphatic carbocycles. The monoisotopic (exact) mass is 342 g/mol. The van der Waals surface area contributed by atoms with Gasteiger partial charge in [-0.3, -0.25) is 0 Å². The van der Waals surface area contributed by atoms with Gasteiger partial charge in [-0.1, -0.05) is 45.9 Å². The zero-order valence-corrected chi connectivity index (χ0v) is 16.3. The van der Waals surface area contributed by atoms with E-state index in [0.717, 1.165) is 11.4 Å². The normalized spacial score (nSPS) is 12.5. The first kappa shape index (κ1) is 18.7. The SMILES string of the molecule is CC(C)CC(C)Nc1ccc(Nc2ccccc2)cc1SC(C)C. The molecule has 2 N–H and O–H groups in total. The van der Waals surface area contributed by atoms with Crippen molar-refractivity contribution in [3.63, 3.8) is 0 Å². The Morgan fingerprint density at radius 2 is 1.58 bits per heavy atom. The lowest BCUT2D eigenvalue weighted by Crippen LogP contribution is -2.18. The molecule has 2 nitrogen and oxygen atoms in total. The van der Waals surface area contributed by atoms with E-state index >= 15 is 0 Å². The van der Waals surface area contributed by atoms with E-state index in [4.69, 9.17) is 0 Å². The minimum atomic E-state index is 0.476. The van der Waals surface area contributed by atoms with Gasteiger partial charge >= 0.3 is 0 Å². The number of nitrogens with one attached hydrogen (secondary N) is 2. The number of hydrogen-bond acceptors (Lipinski definition) is 3. The zero-order valence-electron chi connectivity index (χ0n) is 15.5. The van der Waals surface area contributed by atoms with Crippen molar-refractivity contribution in [2.24, 2.45) is 5.92 Å². The molecule has 0 aromatic heterocycles. The maximum atomic E-state index is 3.69. The van der Waals surface area contributed by atoms with Gasteiger partial charge in [0.2, 0.25) is 0 Å². The van der Waals surface area contributed by atoms with Crippen molar-refractivity contribution in [2.45, 2.75) is 57.2 Å². The second-order valence-corrected chi connectivity index (χ2v) is 8.66. The molecular formula is C21H30N2S. The first-order valence-electron chi connectivity index (χ1n) is 8.83. The molecule has 1 unspecified atom stereocenters. The molecule has 0 saturated heterocycles. The summed E-state index contributed by atoms with van der Waals surface area (Å²) in [4.78, 5) is 1.31. The van der Waals surface area contributed by atoms with Gasteiger partial charge in [-0.15, -0.1) is 11.8 Å². The summed E-state index contributed by atoms with van der Waals surface area (Å²) in [6, 6.07) is 17.4. The third-order valence-corrected chi connectivity index (χ3v) is 4.70. The Bertz CT molecular complexity index is 623. The van der Waals surface area contributed by atoms with Crippen LogP contribution in [0, 0.1) is 5.92 Å². The summed E-state index contributed by atoms with van der Waals surface area (Å²) in [6.07, 6.45) is 1.18. The fraction of sp³-hybridized carbons (Fsp3) is 0.429. The smallest absolute Gasteiger partial charge is 0.0482 e. The number of thioether (sulfide) groups is 1. The second kappa shape index (κ2) is 9.03. The summed E-state index contributed by atoms with van der Waals surface area (Å²) >= 11 is 1.91. The van der Waals surface area contributed by atoms with Crippen LogP contribution in [0.2, 0.25) is 0 Å². The largest absolute Gasteiger partial charge is 0.382 e. The van der Waals surface area contributed by atoms with E-state index < -0.39 is 0 Å². The summed E-state index contributed by atoms with van der Waals surface area (Å²) in [5.74, 6) is 0.702. The molecule has 130 valence electrons. The van der Waals surface area contributed by atoms with Crippen molar-refractivity contribution >= 4 is 28.8 Å². The van der Waals surface area contributed by atoms with Gasteiger partial charge in [-0.25, -0.2) is 0 Å². The summed E-state index contributed by atoms with van der Waals surface area (Å²) in [7, 11) is 0. The van der Waals surface area contributed by atoms with Gasteiger partial charge in [-0.2, -0.15) is 0 Å². The van der Waals surface area contributed by atoms with Crippen LogP contribution in [0.25, 0.3) is 0 Å². The van der Waals surface area contributed by atoms with Gasteiger partial charge in [0.25, 0.3) is 0 Å². The number of hydrogen-bond donors (Lipinski definition) is 2. The van der Waals surface area contributed by atoms with Gasteiger partial charge in [0.05, 0.1) is 0 Å². The molecule has 2 rings (SSSR count). The Balaban J connectivity index is 2.18. The summed E-state index contributed by atoms with van der Waals surface area (Å²) in [6.45, 7) is 11.3. The lowest BCUT2D eigenvalue weighted by Gasteiger charge is -2.21. The third kappa shape index (κ3) is 6.12. The van der Waals surface area contributed by atoms with Crippen LogP contribution in [0.3, 0.4) is 0 Å². The Hall–Kier alpha value is -1.61. The topological polar surface area (TPSA) is 24.1 Å². The number of rotatable bonds is 8. The standard InChI is InChI=1S/C21H30N2S/c1-15(2)13-17(5)22-20-12-11-19(14-21(20)24-16(3)4)23-18-9-7-6-8-10-18/h6-12,14-17,22-23H,13H2,1-5H3. The Morgan fingerprint density at radius 1 is 0.875 bits per heavy atom. The van der Waals surface area contributed by atoms with E-state index in [-0.39, 0.29) is 0 Å².